The summed E-state index contributed by atoms with van der Waals surface area (Å²) in [5.74, 6) is 0.905. The van der Waals surface area contributed by atoms with Crippen LogP contribution >= 0.6 is 0 Å². The molecule has 1 aromatic carbocycles. The van der Waals surface area contributed by atoms with E-state index in [1.165, 1.54) is 0 Å². The largest absolute Gasteiger partial charge is 0.472 e. The summed E-state index contributed by atoms with van der Waals surface area (Å²) in [4.78, 5) is 4.35. The molecule has 0 atom stereocenters. The zero-order valence-corrected chi connectivity index (χ0v) is 10.7. The molecule has 0 aliphatic heterocycles. The second-order valence-electron chi connectivity index (χ2n) is 4.48. The van der Waals surface area contributed by atoms with Gasteiger partial charge in [0.2, 0.25) is 5.82 Å². The standard InChI is InChI=1S/C14H13N3O2/c1-8-5-9(2)12(15)11(6-8)14-16-13(17-19-14)10-3-4-18-7-10/h3-7H,15H2,1-2H3. The van der Waals surface area contributed by atoms with E-state index in [4.69, 9.17) is 14.7 Å². The highest BCUT2D eigenvalue weighted by Gasteiger charge is 2.15. The highest BCUT2D eigenvalue weighted by Crippen LogP contribution is 2.30. The average Bonchev–Trinajstić information content (AvgIpc) is 3.03. The lowest BCUT2D eigenvalue weighted by Gasteiger charge is -2.06. The minimum atomic E-state index is 0.417. The van der Waals surface area contributed by atoms with E-state index in [-0.39, 0.29) is 0 Å². The maximum Gasteiger partial charge on any atom is 0.260 e. The number of nitrogen functional groups attached to an aromatic ring is 1. The van der Waals surface area contributed by atoms with Gasteiger partial charge >= 0.3 is 0 Å². The maximum absolute atomic E-state index is 6.07. The van der Waals surface area contributed by atoms with Gasteiger partial charge in [-0.25, -0.2) is 0 Å². The Kier molecular flexibility index (Phi) is 2.59. The molecule has 2 aromatic heterocycles. The molecule has 0 fully saturated rings. The third kappa shape index (κ3) is 1.99. The van der Waals surface area contributed by atoms with E-state index < -0.39 is 0 Å². The number of nitrogens with zero attached hydrogens (tertiary/aromatic N) is 2. The second-order valence-corrected chi connectivity index (χ2v) is 4.48. The number of nitrogens with two attached hydrogens (primary N) is 1. The van der Waals surface area contributed by atoms with Crippen LogP contribution in [0.4, 0.5) is 5.69 Å². The number of rotatable bonds is 2. The summed E-state index contributed by atoms with van der Waals surface area (Å²) >= 11 is 0. The summed E-state index contributed by atoms with van der Waals surface area (Å²) < 4.78 is 10.3. The fraction of sp³-hybridized carbons (Fsp3) is 0.143. The highest BCUT2D eigenvalue weighted by molar-refractivity contribution is 5.75. The summed E-state index contributed by atoms with van der Waals surface area (Å²) in [5.41, 5.74) is 10.4. The predicted molar refractivity (Wildman–Crippen MR) is 71.3 cm³/mol. The Morgan fingerprint density at radius 3 is 2.79 bits per heavy atom. The molecular formula is C14H13N3O2. The Morgan fingerprint density at radius 2 is 2.05 bits per heavy atom. The molecule has 0 amide bonds. The molecule has 19 heavy (non-hydrogen) atoms. The van der Waals surface area contributed by atoms with Gasteiger partial charge in [0, 0.05) is 5.69 Å². The number of hydrogen-bond acceptors (Lipinski definition) is 5. The van der Waals surface area contributed by atoms with Crippen LogP contribution in [-0.4, -0.2) is 10.1 Å². The zero-order valence-electron chi connectivity index (χ0n) is 10.7. The van der Waals surface area contributed by atoms with Gasteiger partial charge < -0.3 is 14.7 Å². The molecule has 0 aliphatic rings. The van der Waals surface area contributed by atoms with E-state index in [0.29, 0.717) is 17.4 Å². The minimum Gasteiger partial charge on any atom is -0.472 e. The highest BCUT2D eigenvalue weighted by atomic mass is 16.5. The van der Waals surface area contributed by atoms with Crippen molar-refractivity contribution in [2.24, 2.45) is 0 Å². The lowest BCUT2D eigenvalue weighted by atomic mass is 10.0. The van der Waals surface area contributed by atoms with E-state index >= 15 is 0 Å². The van der Waals surface area contributed by atoms with Crippen LogP contribution in [0.1, 0.15) is 11.1 Å². The third-order valence-corrected chi connectivity index (χ3v) is 2.97. The van der Waals surface area contributed by atoms with Crippen molar-refractivity contribution in [3.8, 4) is 22.8 Å². The van der Waals surface area contributed by atoms with Gasteiger partial charge in [-0.2, -0.15) is 4.98 Å². The molecule has 0 spiro atoms. The normalized spacial score (nSPS) is 10.8. The molecule has 96 valence electrons. The third-order valence-electron chi connectivity index (χ3n) is 2.97. The van der Waals surface area contributed by atoms with Crippen LogP contribution in [0.5, 0.6) is 0 Å². The first-order valence-corrected chi connectivity index (χ1v) is 5.88. The molecule has 2 heterocycles. The van der Waals surface area contributed by atoms with Crippen molar-refractivity contribution in [2.45, 2.75) is 13.8 Å². The van der Waals surface area contributed by atoms with Crippen molar-refractivity contribution < 1.29 is 8.94 Å². The quantitative estimate of drug-likeness (QED) is 0.711. The fourth-order valence-corrected chi connectivity index (χ4v) is 2.00. The minimum absolute atomic E-state index is 0.417. The number of furan rings is 1. The smallest absolute Gasteiger partial charge is 0.260 e. The molecule has 0 saturated carbocycles. The number of aromatic nitrogens is 2. The van der Waals surface area contributed by atoms with E-state index in [2.05, 4.69) is 10.1 Å². The first-order chi connectivity index (χ1) is 9.15. The van der Waals surface area contributed by atoms with Crippen molar-refractivity contribution in [3.63, 3.8) is 0 Å². The van der Waals surface area contributed by atoms with E-state index in [1.807, 2.05) is 26.0 Å². The second kappa shape index (κ2) is 4.28. The van der Waals surface area contributed by atoms with Crippen molar-refractivity contribution in [3.05, 3.63) is 41.9 Å². The Balaban J connectivity index is 2.09. The van der Waals surface area contributed by atoms with Gasteiger partial charge in [0.1, 0.15) is 6.26 Å². The van der Waals surface area contributed by atoms with Crippen LogP contribution in [0.15, 0.2) is 39.7 Å². The van der Waals surface area contributed by atoms with Crippen molar-refractivity contribution in [1.82, 2.24) is 10.1 Å². The van der Waals surface area contributed by atoms with Crippen LogP contribution in [0, 0.1) is 13.8 Å². The summed E-state index contributed by atoms with van der Waals surface area (Å²) in [6, 6.07) is 5.74. The Bertz CT molecular complexity index is 714. The summed E-state index contributed by atoms with van der Waals surface area (Å²) in [5, 5.41) is 3.93. The topological polar surface area (TPSA) is 78.1 Å². The molecule has 0 aliphatic carbocycles. The summed E-state index contributed by atoms with van der Waals surface area (Å²) in [6.45, 7) is 3.96. The van der Waals surface area contributed by atoms with Crippen molar-refractivity contribution in [2.75, 3.05) is 5.73 Å². The van der Waals surface area contributed by atoms with Crippen LogP contribution in [0.3, 0.4) is 0 Å². The molecule has 5 heteroatoms. The van der Waals surface area contributed by atoms with E-state index in [1.54, 1.807) is 18.6 Å². The SMILES string of the molecule is Cc1cc(C)c(N)c(-c2nc(-c3ccoc3)no2)c1. The van der Waals surface area contributed by atoms with Gasteiger partial charge in [0.25, 0.3) is 5.89 Å². The Morgan fingerprint density at radius 1 is 1.21 bits per heavy atom. The number of hydrogen-bond donors (Lipinski definition) is 1. The van der Waals surface area contributed by atoms with Gasteiger partial charge in [-0.3, -0.25) is 0 Å². The lowest BCUT2D eigenvalue weighted by Crippen LogP contribution is -1.95. The molecule has 0 saturated heterocycles. The number of anilines is 1. The summed E-state index contributed by atoms with van der Waals surface area (Å²) in [6.07, 6.45) is 3.13. The molecule has 5 nitrogen and oxygen atoms in total. The molecule has 0 radical (unpaired) electrons. The fourth-order valence-electron chi connectivity index (χ4n) is 2.00. The van der Waals surface area contributed by atoms with Crippen LogP contribution < -0.4 is 5.73 Å². The average molecular weight is 255 g/mol. The van der Waals surface area contributed by atoms with Crippen LogP contribution in [0.25, 0.3) is 22.8 Å². The first-order valence-electron chi connectivity index (χ1n) is 5.88. The maximum atomic E-state index is 6.07. The Hall–Kier alpha value is -2.56. The number of benzene rings is 1. The molecule has 3 rings (SSSR count). The zero-order chi connectivity index (χ0) is 13.4. The van der Waals surface area contributed by atoms with Gasteiger partial charge in [-0.1, -0.05) is 11.2 Å². The summed E-state index contributed by atoms with van der Waals surface area (Å²) in [7, 11) is 0. The van der Waals surface area contributed by atoms with Crippen molar-refractivity contribution >= 4 is 5.69 Å². The van der Waals surface area contributed by atoms with Gasteiger partial charge in [-0.05, 0) is 37.1 Å². The Labute approximate surface area is 110 Å². The first kappa shape index (κ1) is 11.5. The van der Waals surface area contributed by atoms with Crippen molar-refractivity contribution in [1.29, 1.82) is 0 Å². The van der Waals surface area contributed by atoms with Gasteiger partial charge in [-0.15, -0.1) is 0 Å². The molecule has 0 bridgehead atoms. The molecular weight excluding hydrogens is 242 g/mol. The van der Waals surface area contributed by atoms with E-state index in [9.17, 15) is 0 Å². The number of aryl methyl sites for hydroxylation is 2. The monoisotopic (exact) mass is 255 g/mol. The van der Waals surface area contributed by atoms with Crippen LogP contribution in [0.2, 0.25) is 0 Å². The van der Waals surface area contributed by atoms with Gasteiger partial charge in [0.15, 0.2) is 0 Å². The molecule has 2 N–H and O–H groups in total. The van der Waals surface area contributed by atoms with E-state index in [0.717, 1.165) is 22.3 Å². The lowest BCUT2D eigenvalue weighted by molar-refractivity contribution is 0.432. The molecule has 3 aromatic rings. The predicted octanol–water partition coefficient (Wildman–Crippen LogP) is 3.20. The van der Waals surface area contributed by atoms with Crippen LogP contribution in [-0.2, 0) is 0 Å². The molecule has 0 unspecified atom stereocenters. The van der Waals surface area contributed by atoms with Gasteiger partial charge in [0.05, 0.1) is 17.4 Å².